The highest BCUT2D eigenvalue weighted by atomic mass is 15.1. The fraction of sp³-hybridized carbons (Fsp3) is 0.300. The van der Waals surface area contributed by atoms with Gasteiger partial charge in [0, 0.05) is 5.39 Å². The van der Waals surface area contributed by atoms with Gasteiger partial charge >= 0.3 is 0 Å². The number of hydrogen-bond acceptors (Lipinski definition) is 1. The van der Waals surface area contributed by atoms with E-state index in [2.05, 4.69) is 28.4 Å². The van der Waals surface area contributed by atoms with Crippen molar-refractivity contribution in [3.8, 4) is 0 Å². The van der Waals surface area contributed by atoms with E-state index in [4.69, 9.17) is 0 Å². The number of rotatable bonds is 0. The highest BCUT2D eigenvalue weighted by Crippen LogP contribution is 2.27. The maximum absolute atomic E-state index is 4.30. The molecule has 0 amide bonds. The number of nitrogens with zero attached hydrogens (tertiary/aromatic N) is 1. The van der Waals surface area contributed by atoms with Crippen molar-refractivity contribution in [3.63, 3.8) is 0 Å². The first-order valence-corrected chi connectivity index (χ1v) is 4.40. The van der Waals surface area contributed by atoms with Gasteiger partial charge in [-0.3, -0.25) is 5.10 Å². The van der Waals surface area contributed by atoms with E-state index in [1.165, 1.54) is 35.0 Å². The normalized spacial score (nSPS) is 15.3. The molecule has 1 N–H and O–H groups in total. The Hall–Kier alpha value is -1.31. The summed E-state index contributed by atoms with van der Waals surface area (Å²) in [5, 5.41) is 8.75. The summed E-state index contributed by atoms with van der Waals surface area (Å²) in [6.07, 6.45) is 3.60. The second-order valence-electron chi connectivity index (χ2n) is 3.36. The van der Waals surface area contributed by atoms with E-state index in [0.29, 0.717) is 0 Å². The van der Waals surface area contributed by atoms with Crippen LogP contribution in [0.25, 0.3) is 10.9 Å². The molecule has 0 aliphatic heterocycles. The molecular formula is C10H10N2. The number of aromatic amines is 1. The zero-order valence-corrected chi connectivity index (χ0v) is 6.80. The van der Waals surface area contributed by atoms with Crippen LogP contribution in [0, 0.1) is 0 Å². The quantitative estimate of drug-likeness (QED) is 0.624. The third-order valence-corrected chi connectivity index (χ3v) is 2.61. The van der Waals surface area contributed by atoms with Crippen LogP contribution in [0.5, 0.6) is 0 Å². The Labute approximate surface area is 70.6 Å². The fourth-order valence-corrected chi connectivity index (χ4v) is 2.05. The van der Waals surface area contributed by atoms with Crippen LogP contribution in [0.3, 0.4) is 0 Å². The van der Waals surface area contributed by atoms with Crippen molar-refractivity contribution in [2.45, 2.75) is 19.3 Å². The van der Waals surface area contributed by atoms with E-state index in [1.54, 1.807) is 0 Å². The Kier molecular flexibility index (Phi) is 1.09. The average molecular weight is 158 g/mol. The molecule has 12 heavy (non-hydrogen) atoms. The number of nitrogens with one attached hydrogen (secondary N) is 1. The van der Waals surface area contributed by atoms with Crippen LogP contribution in [-0.2, 0) is 12.8 Å². The highest BCUT2D eigenvalue weighted by Gasteiger charge is 2.13. The van der Waals surface area contributed by atoms with E-state index >= 15 is 0 Å². The Balaban J connectivity index is 2.50. The maximum atomic E-state index is 4.30. The van der Waals surface area contributed by atoms with E-state index in [0.717, 1.165) is 6.42 Å². The molecule has 2 aromatic rings. The molecule has 60 valence electrons. The summed E-state index contributed by atoms with van der Waals surface area (Å²) in [4.78, 5) is 0. The van der Waals surface area contributed by atoms with Crippen LogP contribution in [-0.4, -0.2) is 10.2 Å². The van der Waals surface area contributed by atoms with Crippen molar-refractivity contribution in [1.29, 1.82) is 0 Å². The van der Waals surface area contributed by atoms with Crippen molar-refractivity contribution >= 4 is 10.9 Å². The van der Waals surface area contributed by atoms with Crippen LogP contribution in [0.15, 0.2) is 18.2 Å². The summed E-state index contributed by atoms with van der Waals surface area (Å²) < 4.78 is 0. The summed E-state index contributed by atoms with van der Waals surface area (Å²) in [6, 6.07) is 6.41. The average Bonchev–Trinajstić information content (AvgIpc) is 2.52. The smallest absolute Gasteiger partial charge is 0.0703 e. The number of benzene rings is 1. The van der Waals surface area contributed by atoms with Crippen molar-refractivity contribution in [3.05, 3.63) is 29.5 Å². The van der Waals surface area contributed by atoms with Crippen molar-refractivity contribution in [1.82, 2.24) is 10.2 Å². The van der Waals surface area contributed by atoms with Gasteiger partial charge in [-0.2, -0.15) is 5.10 Å². The first kappa shape index (κ1) is 6.23. The standard InChI is InChI=1S/C10H10N2/c1-3-7-4-2-6-9-10(7)8(5-1)11-12-9/h1,3,5H,2,4,6H2,(H,11,12). The Morgan fingerprint density at radius 3 is 3.25 bits per heavy atom. The van der Waals surface area contributed by atoms with Crippen LogP contribution in [0.2, 0.25) is 0 Å². The summed E-state index contributed by atoms with van der Waals surface area (Å²) in [6.45, 7) is 0. The van der Waals surface area contributed by atoms with Gasteiger partial charge in [-0.1, -0.05) is 12.1 Å². The van der Waals surface area contributed by atoms with Crippen molar-refractivity contribution in [2.24, 2.45) is 0 Å². The minimum absolute atomic E-state index is 1.14. The monoisotopic (exact) mass is 158 g/mol. The van der Waals surface area contributed by atoms with Crippen LogP contribution in [0.4, 0.5) is 0 Å². The maximum Gasteiger partial charge on any atom is 0.0703 e. The van der Waals surface area contributed by atoms with E-state index in [-0.39, 0.29) is 0 Å². The molecule has 0 unspecified atom stereocenters. The Morgan fingerprint density at radius 1 is 1.25 bits per heavy atom. The minimum Gasteiger partial charge on any atom is -0.278 e. The SMILES string of the molecule is c1cc2c3c(n[nH]c3c1)CCC2. The molecule has 1 aliphatic rings. The fourth-order valence-electron chi connectivity index (χ4n) is 2.05. The van der Waals surface area contributed by atoms with E-state index in [9.17, 15) is 0 Å². The zero-order valence-electron chi connectivity index (χ0n) is 6.80. The van der Waals surface area contributed by atoms with Gasteiger partial charge in [-0.05, 0) is 30.9 Å². The molecule has 0 bridgehead atoms. The molecule has 2 nitrogen and oxygen atoms in total. The highest BCUT2D eigenvalue weighted by molar-refractivity contribution is 5.85. The lowest BCUT2D eigenvalue weighted by Crippen LogP contribution is -1.98. The number of aryl methyl sites for hydroxylation is 2. The van der Waals surface area contributed by atoms with Gasteiger partial charge in [0.2, 0.25) is 0 Å². The Bertz CT molecular complexity index is 428. The molecule has 0 atom stereocenters. The molecule has 1 aromatic carbocycles. The van der Waals surface area contributed by atoms with Crippen LogP contribution in [0.1, 0.15) is 17.7 Å². The van der Waals surface area contributed by atoms with Gasteiger partial charge in [0.15, 0.2) is 0 Å². The first-order valence-electron chi connectivity index (χ1n) is 4.40. The summed E-state index contributed by atoms with van der Waals surface area (Å²) in [5.41, 5.74) is 3.91. The molecule has 0 saturated heterocycles. The lowest BCUT2D eigenvalue weighted by atomic mass is 9.95. The molecule has 1 heterocycles. The summed E-state index contributed by atoms with van der Waals surface area (Å²) in [7, 11) is 0. The van der Waals surface area contributed by atoms with Gasteiger partial charge in [0.25, 0.3) is 0 Å². The van der Waals surface area contributed by atoms with Crippen LogP contribution >= 0.6 is 0 Å². The molecule has 0 spiro atoms. The molecule has 1 aliphatic carbocycles. The molecule has 3 rings (SSSR count). The topological polar surface area (TPSA) is 28.7 Å². The molecule has 0 radical (unpaired) electrons. The molecular weight excluding hydrogens is 148 g/mol. The molecule has 0 fully saturated rings. The third-order valence-electron chi connectivity index (χ3n) is 2.61. The molecule has 0 saturated carbocycles. The van der Waals surface area contributed by atoms with Gasteiger partial charge in [-0.25, -0.2) is 0 Å². The second-order valence-corrected chi connectivity index (χ2v) is 3.36. The predicted molar refractivity (Wildman–Crippen MR) is 48.1 cm³/mol. The van der Waals surface area contributed by atoms with Gasteiger partial charge in [0.1, 0.15) is 0 Å². The van der Waals surface area contributed by atoms with Crippen LogP contribution < -0.4 is 0 Å². The number of aromatic nitrogens is 2. The zero-order chi connectivity index (χ0) is 7.97. The molecule has 1 aromatic heterocycles. The first-order chi connectivity index (χ1) is 5.95. The van der Waals surface area contributed by atoms with Gasteiger partial charge in [-0.15, -0.1) is 0 Å². The van der Waals surface area contributed by atoms with Crippen molar-refractivity contribution in [2.75, 3.05) is 0 Å². The largest absolute Gasteiger partial charge is 0.278 e. The number of H-pyrrole nitrogens is 1. The van der Waals surface area contributed by atoms with Crippen molar-refractivity contribution < 1.29 is 0 Å². The van der Waals surface area contributed by atoms with E-state index < -0.39 is 0 Å². The number of hydrogen-bond donors (Lipinski definition) is 1. The minimum atomic E-state index is 1.14. The summed E-state index contributed by atoms with van der Waals surface area (Å²) >= 11 is 0. The third kappa shape index (κ3) is 0.670. The summed E-state index contributed by atoms with van der Waals surface area (Å²) in [5.74, 6) is 0. The van der Waals surface area contributed by atoms with Gasteiger partial charge < -0.3 is 0 Å². The predicted octanol–water partition coefficient (Wildman–Crippen LogP) is 2.05. The second kappa shape index (κ2) is 2.09. The van der Waals surface area contributed by atoms with Gasteiger partial charge in [0.05, 0.1) is 11.2 Å². The molecule has 2 heteroatoms. The lowest BCUT2D eigenvalue weighted by Gasteiger charge is -2.09. The lowest BCUT2D eigenvalue weighted by molar-refractivity contribution is 0.782. The Morgan fingerprint density at radius 2 is 2.25 bits per heavy atom. The van der Waals surface area contributed by atoms with E-state index in [1.807, 2.05) is 0 Å².